The minimum Gasteiger partial charge on any atom is -0.298 e. The summed E-state index contributed by atoms with van der Waals surface area (Å²) in [6.07, 6.45) is 4.68. The zero-order chi connectivity index (χ0) is 10.1. The van der Waals surface area contributed by atoms with Crippen molar-refractivity contribution in [1.82, 2.24) is 0 Å². The fourth-order valence-corrected chi connectivity index (χ4v) is 1.36. The van der Waals surface area contributed by atoms with E-state index in [2.05, 4.69) is 20.8 Å². The SMILES string of the molecule is CC(C)(C)C1=C/C(=C/Cl)C(C=O)=C1. The van der Waals surface area contributed by atoms with Crippen molar-refractivity contribution in [2.24, 2.45) is 5.41 Å². The molecule has 1 aliphatic rings. The van der Waals surface area contributed by atoms with Crippen molar-refractivity contribution in [3.63, 3.8) is 0 Å². The molecule has 0 amide bonds. The van der Waals surface area contributed by atoms with Gasteiger partial charge in [0.25, 0.3) is 0 Å². The van der Waals surface area contributed by atoms with E-state index in [4.69, 9.17) is 11.6 Å². The van der Waals surface area contributed by atoms with Gasteiger partial charge in [-0.05, 0) is 28.7 Å². The number of rotatable bonds is 1. The summed E-state index contributed by atoms with van der Waals surface area (Å²) in [7, 11) is 0. The molecule has 0 radical (unpaired) electrons. The second-order valence-electron chi connectivity index (χ2n) is 4.13. The lowest BCUT2D eigenvalue weighted by Gasteiger charge is -2.17. The maximum atomic E-state index is 10.6. The Bertz CT molecular complexity index is 313. The van der Waals surface area contributed by atoms with Crippen molar-refractivity contribution in [3.05, 3.63) is 34.4 Å². The molecule has 0 saturated carbocycles. The van der Waals surface area contributed by atoms with Crippen LogP contribution in [-0.4, -0.2) is 6.29 Å². The van der Waals surface area contributed by atoms with E-state index < -0.39 is 0 Å². The van der Waals surface area contributed by atoms with Crippen LogP contribution in [0.15, 0.2) is 34.4 Å². The molecule has 0 spiro atoms. The maximum Gasteiger partial charge on any atom is 0.150 e. The molecule has 2 heteroatoms. The summed E-state index contributed by atoms with van der Waals surface area (Å²) in [5.74, 6) is 0. The predicted molar refractivity (Wildman–Crippen MR) is 55.6 cm³/mol. The summed E-state index contributed by atoms with van der Waals surface area (Å²) in [4.78, 5) is 10.6. The molecule has 0 aromatic carbocycles. The highest BCUT2D eigenvalue weighted by Crippen LogP contribution is 2.34. The molecule has 0 aromatic rings. The van der Waals surface area contributed by atoms with Crippen LogP contribution in [0, 0.1) is 5.41 Å². The number of allylic oxidation sites excluding steroid dienone is 5. The summed E-state index contributed by atoms with van der Waals surface area (Å²) in [5, 5.41) is 0. The highest BCUT2D eigenvalue weighted by Gasteiger charge is 2.21. The second kappa shape index (κ2) is 3.51. The summed E-state index contributed by atoms with van der Waals surface area (Å²) < 4.78 is 0. The predicted octanol–water partition coefficient (Wildman–Crippen LogP) is 3.22. The van der Waals surface area contributed by atoms with Crippen LogP contribution < -0.4 is 0 Å². The number of carbonyl (C=O) groups excluding carboxylic acids is 1. The minimum absolute atomic E-state index is 0.0654. The van der Waals surface area contributed by atoms with Crippen molar-refractivity contribution in [2.45, 2.75) is 20.8 Å². The van der Waals surface area contributed by atoms with Gasteiger partial charge in [-0.25, -0.2) is 0 Å². The van der Waals surface area contributed by atoms with Crippen LogP contribution in [0.25, 0.3) is 0 Å². The molecule has 1 nitrogen and oxygen atoms in total. The third kappa shape index (κ3) is 2.10. The van der Waals surface area contributed by atoms with Gasteiger partial charge >= 0.3 is 0 Å². The normalized spacial score (nSPS) is 20.2. The highest BCUT2D eigenvalue weighted by molar-refractivity contribution is 6.26. The van der Waals surface area contributed by atoms with E-state index in [-0.39, 0.29) is 5.41 Å². The summed E-state index contributed by atoms with van der Waals surface area (Å²) in [6, 6.07) is 0. The first-order valence-corrected chi connectivity index (χ1v) is 4.62. The van der Waals surface area contributed by atoms with Gasteiger partial charge in [0.05, 0.1) is 0 Å². The quantitative estimate of drug-likeness (QED) is 0.589. The Labute approximate surface area is 83.8 Å². The fraction of sp³-hybridized carbons (Fsp3) is 0.364. The number of aldehydes is 1. The molecule has 70 valence electrons. The van der Waals surface area contributed by atoms with E-state index in [1.165, 1.54) is 5.54 Å². The van der Waals surface area contributed by atoms with Gasteiger partial charge in [0.15, 0.2) is 6.29 Å². The number of hydrogen-bond acceptors (Lipinski definition) is 1. The van der Waals surface area contributed by atoms with E-state index in [0.717, 1.165) is 17.4 Å². The molecule has 0 aromatic heterocycles. The van der Waals surface area contributed by atoms with Crippen LogP contribution in [-0.2, 0) is 4.79 Å². The van der Waals surface area contributed by atoms with E-state index in [9.17, 15) is 4.79 Å². The van der Waals surface area contributed by atoms with E-state index in [1.54, 1.807) is 0 Å². The van der Waals surface area contributed by atoms with E-state index >= 15 is 0 Å². The first-order chi connectivity index (χ1) is 5.99. The molecule has 0 heterocycles. The lowest BCUT2D eigenvalue weighted by atomic mass is 9.87. The fourth-order valence-electron chi connectivity index (χ4n) is 1.17. The van der Waals surface area contributed by atoms with E-state index in [0.29, 0.717) is 5.57 Å². The largest absolute Gasteiger partial charge is 0.298 e. The van der Waals surface area contributed by atoms with Crippen LogP contribution in [0.4, 0.5) is 0 Å². The lowest BCUT2D eigenvalue weighted by Crippen LogP contribution is -2.05. The van der Waals surface area contributed by atoms with Gasteiger partial charge in [-0.15, -0.1) is 0 Å². The van der Waals surface area contributed by atoms with Crippen LogP contribution in [0.2, 0.25) is 0 Å². The number of carbonyl (C=O) groups is 1. The van der Waals surface area contributed by atoms with Crippen LogP contribution >= 0.6 is 11.6 Å². The Morgan fingerprint density at radius 3 is 2.23 bits per heavy atom. The van der Waals surface area contributed by atoms with Crippen molar-refractivity contribution >= 4 is 17.9 Å². The average Bonchev–Trinajstić information content (AvgIpc) is 2.45. The Morgan fingerprint density at radius 1 is 1.31 bits per heavy atom. The van der Waals surface area contributed by atoms with Gasteiger partial charge in [0.1, 0.15) is 0 Å². The molecule has 0 bridgehead atoms. The minimum atomic E-state index is 0.0654. The zero-order valence-corrected chi connectivity index (χ0v) is 8.85. The van der Waals surface area contributed by atoms with Gasteiger partial charge in [-0.1, -0.05) is 32.4 Å². The first kappa shape index (κ1) is 10.3. The maximum absolute atomic E-state index is 10.6. The summed E-state index contributed by atoms with van der Waals surface area (Å²) >= 11 is 5.59. The van der Waals surface area contributed by atoms with Gasteiger partial charge in [0.2, 0.25) is 0 Å². The van der Waals surface area contributed by atoms with Gasteiger partial charge < -0.3 is 0 Å². The zero-order valence-electron chi connectivity index (χ0n) is 8.10. The molecule has 13 heavy (non-hydrogen) atoms. The third-order valence-corrected chi connectivity index (χ3v) is 2.30. The van der Waals surface area contributed by atoms with Crippen molar-refractivity contribution < 1.29 is 4.79 Å². The lowest BCUT2D eigenvalue weighted by molar-refractivity contribution is -0.104. The standard InChI is InChI=1S/C11H13ClO/c1-11(2,3)10-4-8(6-12)9(5-10)7-13/h4-7H,1-3H3/b8-6-. The van der Waals surface area contributed by atoms with Gasteiger partial charge in [-0.2, -0.15) is 0 Å². The first-order valence-electron chi connectivity index (χ1n) is 4.19. The summed E-state index contributed by atoms with van der Waals surface area (Å²) in [6.45, 7) is 6.32. The molecule has 0 saturated heterocycles. The Kier molecular flexibility index (Phi) is 2.77. The number of halogens is 1. The molecule has 0 atom stereocenters. The molecule has 0 fully saturated rings. The average molecular weight is 197 g/mol. The van der Waals surface area contributed by atoms with Crippen LogP contribution in [0.3, 0.4) is 0 Å². The highest BCUT2D eigenvalue weighted by atomic mass is 35.5. The van der Waals surface area contributed by atoms with E-state index in [1.807, 2.05) is 12.2 Å². The van der Waals surface area contributed by atoms with Crippen molar-refractivity contribution in [1.29, 1.82) is 0 Å². The molecule has 1 aliphatic carbocycles. The van der Waals surface area contributed by atoms with Crippen molar-refractivity contribution in [3.8, 4) is 0 Å². The Balaban J connectivity index is 3.08. The third-order valence-electron chi connectivity index (χ3n) is 2.07. The van der Waals surface area contributed by atoms with Crippen LogP contribution in [0.5, 0.6) is 0 Å². The Hall–Kier alpha value is -0.820. The topological polar surface area (TPSA) is 17.1 Å². The van der Waals surface area contributed by atoms with Crippen molar-refractivity contribution in [2.75, 3.05) is 0 Å². The smallest absolute Gasteiger partial charge is 0.150 e. The number of hydrogen-bond donors (Lipinski definition) is 0. The van der Waals surface area contributed by atoms with Crippen LogP contribution in [0.1, 0.15) is 20.8 Å². The van der Waals surface area contributed by atoms with Gasteiger partial charge in [0, 0.05) is 11.1 Å². The van der Waals surface area contributed by atoms with Gasteiger partial charge in [-0.3, -0.25) is 4.79 Å². The molecular weight excluding hydrogens is 184 g/mol. The second-order valence-corrected chi connectivity index (χ2v) is 4.35. The Morgan fingerprint density at radius 2 is 1.92 bits per heavy atom. The molecule has 0 aliphatic heterocycles. The monoisotopic (exact) mass is 196 g/mol. The summed E-state index contributed by atoms with van der Waals surface area (Å²) in [5.41, 5.74) is 4.12. The molecule has 0 unspecified atom stereocenters. The molecule has 0 N–H and O–H groups in total. The molecule has 1 rings (SSSR count). The molecular formula is C11H13ClO.